The second-order valence-electron chi connectivity index (χ2n) is 7.36. The molecule has 0 aromatic heterocycles. The van der Waals surface area contributed by atoms with E-state index >= 15 is 0 Å². The van der Waals surface area contributed by atoms with Crippen LogP contribution in [-0.2, 0) is 0 Å². The molecule has 0 fully saturated rings. The van der Waals surface area contributed by atoms with Crippen LogP contribution in [0.4, 0.5) is 5.69 Å². The van der Waals surface area contributed by atoms with Crippen molar-refractivity contribution in [1.29, 1.82) is 0 Å². The number of anilines is 1. The van der Waals surface area contributed by atoms with Gasteiger partial charge in [-0.1, -0.05) is 50.6 Å². The Morgan fingerprint density at radius 3 is 2.42 bits per heavy atom. The van der Waals surface area contributed by atoms with Gasteiger partial charge in [0.15, 0.2) is 0 Å². The smallest absolute Gasteiger partial charge is 0.144 e. The highest BCUT2D eigenvalue weighted by Gasteiger charge is 2.23. The molecule has 0 heterocycles. The van der Waals surface area contributed by atoms with Gasteiger partial charge >= 0.3 is 0 Å². The molecule has 0 aliphatic carbocycles. The molecule has 2 N–H and O–H groups in total. The van der Waals surface area contributed by atoms with Crippen molar-refractivity contribution < 1.29 is 14.6 Å². The van der Waals surface area contributed by atoms with Crippen LogP contribution in [0, 0.1) is 5.41 Å². The van der Waals surface area contributed by atoms with Crippen LogP contribution in [0.15, 0.2) is 36.4 Å². The zero-order chi connectivity index (χ0) is 19.3. The lowest BCUT2D eigenvalue weighted by Crippen LogP contribution is -2.21. The molecule has 0 saturated carbocycles. The molecule has 4 nitrogen and oxygen atoms in total. The lowest BCUT2D eigenvalue weighted by Gasteiger charge is -2.25. The second-order valence-corrected chi connectivity index (χ2v) is 7.80. The van der Waals surface area contributed by atoms with E-state index in [4.69, 9.17) is 21.1 Å². The van der Waals surface area contributed by atoms with Crippen molar-refractivity contribution in [2.45, 2.75) is 33.8 Å². The van der Waals surface area contributed by atoms with Crippen molar-refractivity contribution >= 4 is 17.3 Å². The van der Waals surface area contributed by atoms with E-state index in [1.54, 1.807) is 19.2 Å². The largest absolute Gasteiger partial charge is 0.496 e. The first-order chi connectivity index (χ1) is 12.3. The summed E-state index contributed by atoms with van der Waals surface area (Å²) in [6.07, 6.45) is -0.897. The Balaban J connectivity index is 2.54. The summed E-state index contributed by atoms with van der Waals surface area (Å²) in [6, 6.07) is 11.0. The van der Waals surface area contributed by atoms with Crippen molar-refractivity contribution in [2.75, 3.05) is 25.6 Å². The molecule has 1 unspecified atom stereocenters. The number of ether oxygens (including phenoxy) is 2. The number of hydrogen-bond donors (Lipinski definition) is 2. The van der Waals surface area contributed by atoms with Crippen LogP contribution in [0.2, 0.25) is 5.02 Å². The number of para-hydroxylation sites is 1. The molecule has 0 amide bonds. The summed E-state index contributed by atoms with van der Waals surface area (Å²) < 4.78 is 11.2. The quantitative estimate of drug-likeness (QED) is 0.688. The summed E-state index contributed by atoms with van der Waals surface area (Å²) in [5.41, 5.74) is 2.16. The maximum Gasteiger partial charge on any atom is 0.144 e. The summed E-state index contributed by atoms with van der Waals surface area (Å²) in [7, 11) is 1.59. The summed E-state index contributed by atoms with van der Waals surface area (Å²) >= 11 is 6.30. The Bertz CT molecular complexity index is 741. The highest BCUT2D eigenvalue weighted by atomic mass is 35.5. The summed E-state index contributed by atoms with van der Waals surface area (Å²) in [5.74, 6) is 1.26. The van der Waals surface area contributed by atoms with Crippen LogP contribution in [0.1, 0.15) is 44.9 Å². The molecule has 26 heavy (non-hydrogen) atoms. The zero-order valence-corrected chi connectivity index (χ0v) is 16.9. The van der Waals surface area contributed by atoms with Crippen molar-refractivity contribution in [3.63, 3.8) is 0 Å². The van der Waals surface area contributed by atoms with Crippen LogP contribution in [0.3, 0.4) is 0 Å². The molecule has 2 aromatic rings. The Hall–Kier alpha value is -1.91. The van der Waals surface area contributed by atoms with Crippen molar-refractivity contribution in [3.8, 4) is 11.5 Å². The predicted molar refractivity (Wildman–Crippen MR) is 108 cm³/mol. The third-order valence-electron chi connectivity index (χ3n) is 3.92. The van der Waals surface area contributed by atoms with Crippen LogP contribution < -0.4 is 14.8 Å². The SMILES string of the molecule is CCOc1cc(Cl)cc(C(O)c2ccccc2OC)c1NCC(C)(C)C. The van der Waals surface area contributed by atoms with Gasteiger partial charge in [0.25, 0.3) is 0 Å². The lowest BCUT2D eigenvalue weighted by molar-refractivity contribution is 0.214. The Morgan fingerprint density at radius 1 is 1.12 bits per heavy atom. The molecular weight excluding hydrogens is 350 g/mol. The summed E-state index contributed by atoms with van der Waals surface area (Å²) in [6.45, 7) is 9.59. The van der Waals surface area contributed by atoms with Gasteiger partial charge in [-0.3, -0.25) is 0 Å². The fourth-order valence-corrected chi connectivity index (χ4v) is 2.91. The Morgan fingerprint density at radius 2 is 1.81 bits per heavy atom. The minimum atomic E-state index is -0.897. The highest BCUT2D eigenvalue weighted by Crippen LogP contribution is 2.40. The number of methoxy groups -OCH3 is 1. The van der Waals surface area contributed by atoms with E-state index in [0.29, 0.717) is 34.3 Å². The fourth-order valence-electron chi connectivity index (χ4n) is 2.69. The maximum atomic E-state index is 11.1. The Labute approximate surface area is 161 Å². The van der Waals surface area contributed by atoms with Gasteiger partial charge in [-0.05, 0) is 24.5 Å². The van der Waals surface area contributed by atoms with Crippen LogP contribution in [-0.4, -0.2) is 25.4 Å². The van der Waals surface area contributed by atoms with E-state index in [2.05, 4.69) is 26.1 Å². The molecule has 0 aliphatic rings. The van der Waals surface area contributed by atoms with Crippen LogP contribution in [0.25, 0.3) is 0 Å². The lowest BCUT2D eigenvalue weighted by atomic mass is 9.95. The van der Waals surface area contributed by atoms with Crippen LogP contribution >= 0.6 is 11.6 Å². The zero-order valence-electron chi connectivity index (χ0n) is 16.1. The first-order valence-corrected chi connectivity index (χ1v) is 9.15. The predicted octanol–water partition coefficient (Wildman–Crippen LogP) is 5.29. The number of hydrogen-bond acceptors (Lipinski definition) is 4. The molecule has 5 heteroatoms. The van der Waals surface area contributed by atoms with Gasteiger partial charge in [0.1, 0.15) is 17.6 Å². The minimum Gasteiger partial charge on any atom is -0.496 e. The minimum absolute atomic E-state index is 0.0653. The Kier molecular flexibility index (Phi) is 6.79. The highest BCUT2D eigenvalue weighted by molar-refractivity contribution is 6.31. The van der Waals surface area contributed by atoms with Gasteiger partial charge in [-0.15, -0.1) is 0 Å². The van der Waals surface area contributed by atoms with Gasteiger partial charge in [-0.25, -0.2) is 0 Å². The maximum absolute atomic E-state index is 11.1. The molecule has 1 atom stereocenters. The van der Waals surface area contributed by atoms with Gasteiger partial charge in [0.2, 0.25) is 0 Å². The fraction of sp³-hybridized carbons (Fsp3) is 0.429. The first kappa shape index (κ1) is 20.4. The number of rotatable bonds is 7. The monoisotopic (exact) mass is 377 g/mol. The number of benzene rings is 2. The first-order valence-electron chi connectivity index (χ1n) is 8.78. The van der Waals surface area contributed by atoms with Crippen LogP contribution in [0.5, 0.6) is 11.5 Å². The molecule has 142 valence electrons. The van der Waals surface area contributed by atoms with Crippen molar-refractivity contribution in [3.05, 3.63) is 52.5 Å². The molecule has 0 saturated heterocycles. The average molecular weight is 378 g/mol. The van der Waals surface area contributed by atoms with E-state index in [1.807, 2.05) is 31.2 Å². The summed E-state index contributed by atoms with van der Waals surface area (Å²) in [5, 5.41) is 15.0. The van der Waals surface area contributed by atoms with E-state index < -0.39 is 6.10 Å². The number of aliphatic hydroxyl groups excluding tert-OH is 1. The van der Waals surface area contributed by atoms with E-state index in [9.17, 15) is 5.11 Å². The molecule has 0 radical (unpaired) electrons. The van der Waals surface area contributed by atoms with Gasteiger partial charge in [0.05, 0.1) is 19.4 Å². The molecular formula is C21H28ClNO3. The third kappa shape index (κ3) is 5.05. The normalized spacial score (nSPS) is 12.6. The number of nitrogens with one attached hydrogen (secondary N) is 1. The number of aliphatic hydroxyl groups is 1. The molecule has 0 aliphatic heterocycles. The summed E-state index contributed by atoms with van der Waals surface area (Å²) in [4.78, 5) is 0. The van der Waals surface area contributed by atoms with E-state index in [-0.39, 0.29) is 5.41 Å². The third-order valence-corrected chi connectivity index (χ3v) is 4.14. The average Bonchev–Trinajstić information content (AvgIpc) is 2.59. The molecule has 2 aromatic carbocycles. The van der Waals surface area contributed by atoms with Crippen molar-refractivity contribution in [2.24, 2.45) is 5.41 Å². The molecule has 0 bridgehead atoms. The molecule has 2 rings (SSSR count). The number of halogens is 1. The van der Waals surface area contributed by atoms with Gasteiger partial charge in [0, 0.05) is 28.8 Å². The van der Waals surface area contributed by atoms with Gasteiger partial charge in [-0.2, -0.15) is 0 Å². The standard InChI is InChI=1S/C21H28ClNO3/c1-6-26-18-12-14(22)11-16(19(18)23-13-21(2,3)4)20(24)15-9-7-8-10-17(15)25-5/h7-12,20,23-24H,6,13H2,1-5H3. The second kappa shape index (κ2) is 8.65. The van der Waals surface area contributed by atoms with Gasteiger partial charge < -0.3 is 19.9 Å². The van der Waals surface area contributed by atoms with E-state index in [1.165, 1.54) is 0 Å². The molecule has 0 spiro atoms. The topological polar surface area (TPSA) is 50.7 Å². The van der Waals surface area contributed by atoms with Crippen molar-refractivity contribution in [1.82, 2.24) is 0 Å². The van der Waals surface area contributed by atoms with E-state index in [0.717, 1.165) is 12.2 Å².